The Morgan fingerprint density at radius 1 is 1.20 bits per heavy atom. The van der Waals surface area contributed by atoms with E-state index in [9.17, 15) is 4.39 Å². The molecule has 3 rings (SSSR count). The van der Waals surface area contributed by atoms with Crippen LogP contribution in [0, 0.1) is 5.82 Å². The van der Waals surface area contributed by atoms with Crippen LogP contribution in [-0.2, 0) is 12.8 Å². The Kier molecular flexibility index (Phi) is 2.09. The van der Waals surface area contributed by atoms with Crippen molar-refractivity contribution in [3.05, 3.63) is 35.3 Å². The van der Waals surface area contributed by atoms with Gasteiger partial charge >= 0.3 is 0 Å². The molecule has 0 saturated heterocycles. The molecule has 3 heteroatoms. The monoisotopic (exact) mass is 267 g/mol. The summed E-state index contributed by atoms with van der Waals surface area (Å²) in [6.45, 7) is 0. The van der Waals surface area contributed by atoms with Crippen LogP contribution in [-0.4, -0.2) is 3.59 Å². The Morgan fingerprint density at radius 3 is 2.87 bits per heavy atom. The van der Waals surface area contributed by atoms with Gasteiger partial charge in [-0.25, -0.2) is 4.39 Å². The molecular formula is C12H11BrFN. The summed E-state index contributed by atoms with van der Waals surface area (Å²) in [7, 11) is 0. The zero-order valence-corrected chi connectivity index (χ0v) is 9.85. The summed E-state index contributed by atoms with van der Waals surface area (Å²) in [5.74, 6) is -0.144. The van der Waals surface area contributed by atoms with E-state index in [0.717, 1.165) is 23.7 Å². The van der Waals surface area contributed by atoms with E-state index < -0.39 is 0 Å². The fourth-order valence-corrected chi connectivity index (χ4v) is 3.16. The predicted octanol–water partition coefficient (Wildman–Crippen LogP) is 3.82. The van der Waals surface area contributed by atoms with E-state index in [-0.39, 0.29) is 5.82 Å². The summed E-state index contributed by atoms with van der Waals surface area (Å²) < 4.78 is 15.2. The molecule has 0 spiro atoms. The second-order valence-corrected chi connectivity index (χ2v) is 4.78. The van der Waals surface area contributed by atoms with Crippen LogP contribution < -0.4 is 0 Å². The van der Waals surface area contributed by atoms with E-state index in [0.29, 0.717) is 0 Å². The number of benzene rings is 1. The number of rotatable bonds is 0. The Morgan fingerprint density at radius 2 is 2.00 bits per heavy atom. The lowest BCUT2D eigenvalue weighted by atomic mass is 9.96. The Labute approximate surface area is 96.2 Å². The first-order chi connectivity index (χ1) is 7.27. The summed E-state index contributed by atoms with van der Waals surface area (Å²) in [6.07, 6.45) is 4.62. The summed E-state index contributed by atoms with van der Waals surface area (Å²) in [5.41, 5.74) is 3.73. The van der Waals surface area contributed by atoms with Crippen LogP contribution in [0.3, 0.4) is 0 Å². The number of nitrogens with zero attached hydrogens (tertiary/aromatic N) is 1. The van der Waals surface area contributed by atoms with Crippen LogP contribution in [0.15, 0.2) is 18.2 Å². The fraction of sp³-hybridized carbons (Fsp3) is 0.333. The van der Waals surface area contributed by atoms with Crippen LogP contribution in [0.5, 0.6) is 0 Å². The van der Waals surface area contributed by atoms with Crippen molar-refractivity contribution in [3.8, 4) is 0 Å². The molecule has 1 aromatic carbocycles. The molecule has 0 radical (unpaired) electrons. The highest BCUT2D eigenvalue weighted by atomic mass is 79.9. The van der Waals surface area contributed by atoms with Gasteiger partial charge < -0.3 is 0 Å². The number of aromatic nitrogens is 1. The van der Waals surface area contributed by atoms with Gasteiger partial charge in [-0.3, -0.25) is 3.59 Å². The topological polar surface area (TPSA) is 4.93 Å². The zero-order valence-electron chi connectivity index (χ0n) is 8.26. The summed E-state index contributed by atoms with van der Waals surface area (Å²) >= 11 is 3.56. The van der Waals surface area contributed by atoms with E-state index in [1.165, 1.54) is 30.2 Å². The maximum Gasteiger partial charge on any atom is 0.123 e. The van der Waals surface area contributed by atoms with Gasteiger partial charge in [0.2, 0.25) is 0 Å². The molecule has 1 aliphatic rings. The van der Waals surface area contributed by atoms with Crippen LogP contribution in [0.1, 0.15) is 24.1 Å². The van der Waals surface area contributed by atoms with Crippen LogP contribution >= 0.6 is 16.1 Å². The highest BCUT2D eigenvalue weighted by Crippen LogP contribution is 2.33. The normalized spacial score (nSPS) is 15.6. The number of hydrogen-bond donors (Lipinski definition) is 0. The van der Waals surface area contributed by atoms with Crippen LogP contribution in [0.25, 0.3) is 10.9 Å². The molecule has 0 atom stereocenters. The zero-order chi connectivity index (χ0) is 10.4. The van der Waals surface area contributed by atoms with E-state index in [2.05, 4.69) is 16.1 Å². The molecule has 0 aliphatic heterocycles. The molecule has 1 nitrogen and oxygen atoms in total. The lowest BCUT2D eigenvalue weighted by Gasteiger charge is -2.11. The van der Waals surface area contributed by atoms with Gasteiger partial charge in [0.15, 0.2) is 0 Å². The standard InChI is InChI=1S/C12H11BrFN/c13-15-11-4-2-1-3-9(11)10-7-8(14)5-6-12(10)15/h5-7H,1-4H2. The highest BCUT2D eigenvalue weighted by Gasteiger charge is 2.18. The molecule has 0 unspecified atom stereocenters. The molecule has 15 heavy (non-hydrogen) atoms. The van der Waals surface area contributed by atoms with Gasteiger partial charge in [0.1, 0.15) is 5.82 Å². The Balaban J connectivity index is 2.39. The van der Waals surface area contributed by atoms with Gasteiger partial charge in [-0.15, -0.1) is 0 Å². The van der Waals surface area contributed by atoms with Crippen molar-refractivity contribution in [1.82, 2.24) is 3.59 Å². The van der Waals surface area contributed by atoms with Crippen molar-refractivity contribution in [2.75, 3.05) is 0 Å². The van der Waals surface area contributed by atoms with Gasteiger partial charge in [-0.05, 0) is 49.4 Å². The molecule has 1 heterocycles. The average molecular weight is 268 g/mol. The third-order valence-corrected chi connectivity index (χ3v) is 3.98. The van der Waals surface area contributed by atoms with Crippen molar-refractivity contribution in [1.29, 1.82) is 0 Å². The van der Waals surface area contributed by atoms with Gasteiger partial charge in [0.05, 0.1) is 21.7 Å². The van der Waals surface area contributed by atoms with Crippen LogP contribution in [0.4, 0.5) is 4.39 Å². The molecule has 78 valence electrons. The minimum Gasteiger partial charge on any atom is -0.280 e. The van der Waals surface area contributed by atoms with E-state index in [1.54, 1.807) is 6.07 Å². The minimum absolute atomic E-state index is 0.144. The molecule has 0 fully saturated rings. The number of aryl methyl sites for hydroxylation is 1. The van der Waals surface area contributed by atoms with Crippen molar-refractivity contribution >= 4 is 27.1 Å². The van der Waals surface area contributed by atoms with Gasteiger partial charge in [-0.1, -0.05) is 0 Å². The van der Waals surface area contributed by atoms with Gasteiger partial charge in [-0.2, -0.15) is 0 Å². The average Bonchev–Trinajstić information content (AvgIpc) is 2.54. The first-order valence-corrected chi connectivity index (χ1v) is 5.96. The summed E-state index contributed by atoms with van der Waals surface area (Å²) in [4.78, 5) is 0. The Hall–Kier alpha value is -0.830. The smallest absolute Gasteiger partial charge is 0.123 e. The maximum absolute atomic E-state index is 13.2. The number of hydrogen-bond acceptors (Lipinski definition) is 0. The number of halogens is 2. The lowest BCUT2D eigenvalue weighted by molar-refractivity contribution is 0.629. The summed E-state index contributed by atoms with van der Waals surface area (Å²) in [6, 6.07) is 5.01. The third kappa shape index (κ3) is 1.33. The molecular weight excluding hydrogens is 257 g/mol. The summed E-state index contributed by atoms with van der Waals surface area (Å²) in [5, 5.41) is 1.07. The van der Waals surface area contributed by atoms with E-state index in [4.69, 9.17) is 0 Å². The second-order valence-electron chi connectivity index (χ2n) is 4.07. The SMILES string of the molecule is Fc1ccc2c(c1)c1c(n2Br)CCCC1. The second kappa shape index (κ2) is 3.34. The first kappa shape index (κ1) is 9.40. The molecule has 1 aromatic heterocycles. The van der Waals surface area contributed by atoms with Crippen molar-refractivity contribution in [2.24, 2.45) is 0 Å². The maximum atomic E-state index is 13.2. The van der Waals surface area contributed by atoms with Crippen molar-refractivity contribution < 1.29 is 4.39 Å². The Bertz CT molecular complexity index is 530. The molecule has 0 saturated carbocycles. The molecule has 0 N–H and O–H groups in total. The molecule has 2 aromatic rings. The van der Waals surface area contributed by atoms with Crippen molar-refractivity contribution in [2.45, 2.75) is 25.7 Å². The lowest BCUT2D eigenvalue weighted by Crippen LogP contribution is -2.02. The highest BCUT2D eigenvalue weighted by molar-refractivity contribution is 9.08. The molecule has 0 bridgehead atoms. The first-order valence-electron chi connectivity index (χ1n) is 5.25. The van der Waals surface area contributed by atoms with Crippen LogP contribution in [0.2, 0.25) is 0 Å². The van der Waals surface area contributed by atoms with Gasteiger partial charge in [0.25, 0.3) is 0 Å². The van der Waals surface area contributed by atoms with E-state index >= 15 is 0 Å². The minimum atomic E-state index is -0.144. The quantitative estimate of drug-likeness (QED) is 0.684. The van der Waals surface area contributed by atoms with Crippen molar-refractivity contribution in [3.63, 3.8) is 0 Å². The molecule has 1 aliphatic carbocycles. The fourth-order valence-electron chi connectivity index (χ4n) is 2.46. The molecule has 0 amide bonds. The number of fused-ring (bicyclic) bond motifs is 3. The predicted molar refractivity (Wildman–Crippen MR) is 62.9 cm³/mol. The third-order valence-electron chi connectivity index (χ3n) is 3.17. The van der Waals surface area contributed by atoms with E-state index in [1.807, 2.05) is 9.66 Å². The van der Waals surface area contributed by atoms with Gasteiger partial charge in [0, 0.05) is 11.1 Å². The largest absolute Gasteiger partial charge is 0.280 e.